The molecule has 1 atom stereocenters. The van der Waals surface area contributed by atoms with E-state index < -0.39 is 17.4 Å². The van der Waals surface area contributed by atoms with Gasteiger partial charge in [-0.25, -0.2) is 0 Å². The van der Waals surface area contributed by atoms with E-state index in [9.17, 15) is 19.6 Å². The fraction of sp³-hybridized carbons (Fsp3) is 0.556. The Hall–Kier alpha value is -2.19. The van der Waals surface area contributed by atoms with Crippen LogP contribution in [0.5, 0.6) is 5.75 Å². The number of aliphatic hydroxyl groups excluding tert-OH is 1. The van der Waals surface area contributed by atoms with Crippen molar-refractivity contribution >= 4 is 23.4 Å². The largest absolute Gasteiger partial charge is 0.492 e. The predicted molar refractivity (Wildman–Crippen MR) is 103 cm³/mol. The lowest BCUT2D eigenvalue weighted by molar-refractivity contribution is -0.130. The van der Waals surface area contributed by atoms with Crippen LogP contribution < -0.4 is 10.1 Å². The highest BCUT2D eigenvalue weighted by Crippen LogP contribution is 2.22. The average molecular weight is 400 g/mol. The van der Waals surface area contributed by atoms with Crippen molar-refractivity contribution in [3.8, 4) is 5.75 Å². The van der Waals surface area contributed by atoms with Crippen LogP contribution in [0.25, 0.3) is 0 Å². The second-order valence-electron chi connectivity index (χ2n) is 6.62. The average Bonchev–Trinajstić information content (AvgIpc) is 2.67. The highest BCUT2D eigenvalue weighted by atomic mass is 35.5. The van der Waals surface area contributed by atoms with E-state index in [1.165, 1.54) is 4.90 Å². The van der Waals surface area contributed by atoms with Crippen LogP contribution in [-0.2, 0) is 9.59 Å². The zero-order valence-electron chi connectivity index (χ0n) is 15.6. The molecule has 1 unspecified atom stereocenters. The summed E-state index contributed by atoms with van der Waals surface area (Å²) in [4.78, 5) is 36.5. The van der Waals surface area contributed by atoms with E-state index in [-0.39, 0.29) is 38.1 Å². The van der Waals surface area contributed by atoms with Crippen molar-refractivity contribution in [2.45, 2.75) is 19.9 Å². The number of nitrogens with one attached hydrogen (secondary N) is 1. The summed E-state index contributed by atoms with van der Waals surface area (Å²) < 4.78 is 5.57. The van der Waals surface area contributed by atoms with E-state index in [2.05, 4.69) is 10.5 Å². The second kappa shape index (κ2) is 11.5. The van der Waals surface area contributed by atoms with Gasteiger partial charge in [0.15, 0.2) is 6.04 Å². The number of carbonyl (C=O) groups is 2. The lowest BCUT2D eigenvalue weighted by Gasteiger charge is -2.27. The van der Waals surface area contributed by atoms with Gasteiger partial charge in [0.25, 0.3) is 0 Å². The Kier molecular flexibility index (Phi) is 9.74. The Balaban J connectivity index is 2.51. The molecule has 2 amide bonds. The van der Waals surface area contributed by atoms with E-state index in [0.717, 1.165) is 0 Å². The minimum absolute atomic E-state index is 0.125. The van der Waals surface area contributed by atoms with Crippen molar-refractivity contribution in [1.29, 1.82) is 0 Å². The fourth-order valence-corrected chi connectivity index (χ4v) is 2.45. The lowest BCUT2D eigenvalue weighted by atomic mass is 9.85. The van der Waals surface area contributed by atoms with Crippen LogP contribution in [0.4, 0.5) is 0 Å². The topological polar surface area (TPSA) is 108 Å². The van der Waals surface area contributed by atoms with Crippen molar-refractivity contribution in [3.05, 3.63) is 35.2 Å². The van der Waals surface area contributed by atoms with Gasteiger partial charge in [-0.2, -0.15) is 0 Å². The maximum absolute atomic E-state index is 12.1. The number of nitroso groups, excluding NO2 is 1. The van der Waals surface area contributed by atoms with Gasteiger partial charge in [0.2, 0.25) is 11.8 Å². The minimum Gasteiger partial charge on any atom is -0.492 e. The summed E-state index contributed by atoms with van der Waals surface area (Å²) in [7, 11) is 0. The van der Waals surface area contributed by atoms with E-state index in [0.29, 0.717) is 12.3 Å². The molecule has 0 bridgehead atoms. The molecule has 1 aromatic carbocycles. The zero-order valence-corrected chi connectivity index (χ0v) is 16.3. The van der Waals surface area contributed by atoms with E-state index in [4.69, 9.17) is 16.3 Å². The molecule has 9 heteroatoms. The first kappa shape index (κ1) is 22.9. The van der Waals surface area contributed by atoms with Gasteiger partial charge < -0.3 is 20.1 Å². The molecule has 0 aromatic heterocycles. The Morgan fingerprint density at radius 1 is 1.30 bits per heavy atom. The number of hydrogen-bond acceptors (Lipinski definition) is 6. The predicted octanol–water partition coefficient (Wildman–Crippen LogP) is 1.40. The molecular weight excluding hydrogens is 374 g/mol. The smallest absolute Gasteiger partial charge is 0.249 e. The molecule has 0 aliphatic rings. The number of ether oxygens (including phenoxy) is 1. The normalized spacial score (nSPS) is 12.1. The van der Waals surface area contributed by atoms with Gasteiger partial charge in [0.05, 0.1) is 13.2 Å². The van der Waals surface area contributed by atoms with Crippen molar-refractivity contribution in [3.63, 3.8) is 0 Å². The fourth-order valence-electron chi connectivity index (χ4n) is 2.28. The maximum Gasteiger partial charge on any atom is 0.249 e. The van der Waals surface area contributed by atoms with Gasteiger partial charge in [-0.1, -0.05) is 37.2 Å². The minimum atomic E-state index is -1.22. The molecule has 27 heavy (non-hydrogen) atoms. The number of carbonyl (C=O) groups excluding carboxylic acids is 2. The molecule has 8 nitrogen and oxygen atoms in total. The van der Waals surface area contributed by atoms with Gasteiger partial charge >= 0.3 is 0 Å². The highest BCUT2D eigenvalue weighted by Gasteiger charge is 2.36. The number of halogens is 1. The molecule has 0 radical (unpaired) electrons. The van der Waals surface area contributed by atoms with E-state index >= 15 is 0 Å². The van der Waals surface area contributed by atoms with Crippen LogP contribution in [0.15, 0.2) is 35.5 Å². The first-order valence-electron chi connectivity index (χ1n) is 8.58. The summed E-state index contributed by atoms with van der Waals surface area (Å²) in [5.74, 6) is -0.378. The summed E-state index contributed by atoms with van der Waals surface area (Å²) in [5.41, 5.74) is -0.971. The number of rotatable bonds is 12. The Bertz CT molecular complexity index is 612. The van der Waals surface area contributed by atoms with Gasteiger partial charge in [0, 0.05) is 18.5 Å². The first-order chi connectivity index (χ1) is 12.9. The monoisotopic (exact) mass is 399 g/mol. The van der Waals surface area contributed by atoms with Gasteiger partial charge in [0.1, 0.15) is 18.2 Å². The summed E-state index contributed by atoms with van der Waals surface area (Å²) in [5, 5.41) is 14.7. The molecule has 0 spiro atoms. The zero-order chi connectivity index (χ0) is 20.3. The first-order valence-corrected chi connectivity index (χ1v) is 9.11. The molecule has 0 heterocycles. The van der Waals surface area contributed by atoms with E-state index in [1.54, 1.807) is 13.8 Å². The third kappa shape index (κ3) is 7.52. The number of amides is 2. The molecular formula is C18H26ClN3O5. The molecule has 0 saturated heterocycles. The summed E-state index contributed by atoms with van der Waals surface area (Å²) >= 11 is 5.63. The van der Waals surface area contributed by atoms with Crippen LogP contribution in [0.1, 0.15) is 13.8 Å². The number of aliphatic hydroxyl groups is 1. The highest BCUT2D eigenvalue weighted by molar-refractivity contribution is 6.27. The Morgan fingerprint density at radius 3 is 2.52 bits per heavy atom. The van der Waals surface area contributed by atoms with Crippen LogP contribution in [0.2, 0.25) is 0 Å². The number of alkyl halides is 1. The molecule has 2 N–H and O–H groups in total. The molecule has 1 rings (SSSR count). The van der Waals surface area contributed by atoms with Gasteiger partial charge in [-0.3, -0.25) is 9.59 Å². The van der Waals surface area contributed by atoms with Crippen LogP contribution in [-0.4, -0.2) is 66.6 Å². The van der Waals surface area contributed by atoms with Crippen molar-refractivity contribution in [1.82, 2.24) is 10.2 Å². The molecule has 150 valence electrons. The summed E-state index contributed by atoms with van der Waals surface area (Å²) in [6.45, 7) is 3.70. The number of para-hydroxylation sites is 1. The van der Waals surface area contributed by atoms with Gasteiger partial charge in [-0.05, 0) is 12.1 Å². The molecule has 0 fully saturated rings. The standard InChI is InChI=1S/C18H26ClN3O5/c1-18(2,13-23)16(21-26)17(25)20-8-9-22(15(24)12-19)10-11-27-14-6-4-3-5-7-14/h3-7,16,23H,8-13H2,1-2H3,(H,20,25). The van der Waals surface area contributed by atoms with Crippen molar-refractivity contribution < 1.29 is 19.4 Å². The number of hydrogen-bond donors (Lipinski definition) is 2. The molecule has 0 aliphatic carbocycles. The Morgan fingerprint density at radius 2 is 1.96 bits per heavy atom. The quantitative estimate of drug-likeness (QED) is 0.408. The molecule has 0 aliphatic heterocycles. The summed E-state index contributed by atoms with van der Waals surface area (Å²) in [6.07, 6.45) is 0. The van der Waals surface area contributed by atoms with Crippen LogP contribution in [0, 0.1) is 10.3 Å². The lowest BCUT2D eigenvalue weighted by Crippen LogP contribution is -2.47. The third-order valence-corrected chi connectivity index (χ3v) is 4.25. The third-order valence-electron chi connectivity index (χ3n) is 4.02. The van der Waals surface area contributed by atoms with Gasteiger partial charge in [-0.15, -0.1) is 16.5 Å². The number of nitrogens with zero attached hydrogens (tertiary/aromatic N) is 2. The molecule has 1 aromatic rings. The van der Waals surface area contributed by atoms with E-state index in [1.807, 2.05) is 30.3 Å². The number of benzene rings is 1. The Labute approximate surface area is 163 Å². The molecule has 0 saturated carbocycles. The van der Waals surface area contributed by atoms with Crippen LogP contribution >= 0.6 is 11.6 Å². The van der Waals surface area contributed by atoms with Crippen LogP contribution in [0.3, 0.4) is 0 Å². The summed E-state index contributed by atoms with van der Waals surface area (Å²) in [6, 6.07) is 7.96. The van der Waals surface area contributed by atoms with Crippen molar-refractivity contribution in [2.24, 2.45) is 10.6 Å². The van der Waals surface area contributed by atoms with Crippen molar-refractivity contribution in [2.75, 3.05) is 38.7 Å². The maximum atomic E-state index is 12.1. The second-order valence-corrected chi connectivity index (χ2v) is 6.89. The SMILES string of the molecule is CC(C)(CO)C(N=O)C(=O)NCCN(CCOc1ccccc1)C(=O)CCl.